The van der Waals surface area contributed by atoms with Crippen LogP contribution in [0.3, 0.4) is 0 Å². The van der Waals surface area contributed by atoms with Crippen molar-refractivity contribution in [2.75, 3.05) is 27.3 Å². The van der Waals surface area contributed by atoms with Crippen LogP contribution in [0.1, 0.15) is 67.2 Å². The highest BCUT2D eigenvalue weighted by Crippen LogP contribution is 2.65. The van der Waals surface area contributed by atoms with Gasteiger partial charge in [-0.15, -0.1) is 0 Å². The zero-order valence-corrected chi connectivity index (χ0v) is 25.3. The summed E-state index contributed by atoms with van der Waals surface area (Å²) in [6.45, 7) is 9.66. The van der Waals surface area contributed by atoms with E-state index in [4.69, 9.17) is 18.9 Å². The van der Waals surface area contributed by atoms with Crippen LogP contribution in [0.25, 0.3) is 0 Å². The molecule has 0 bridgehead atoms. The Balaban J connectivity index is 2.02. The molecule has 0 aliphatic heterocycles. The summed E-state index contributed by atoms with van der Waals surface area (Å²) in [6, 6.07) is 0. The van der Waals surface area contributed by atoms with Crippen molar-refractivity contribution in [2.24, 2.45) is 34.5 Å². The molecule has 0 saturated heterocycles. The van der Waals surface area contributed by atoms with E-state index in [2.05, 4.69) is 0 Å². The quantitative estimate of drug-likeness (QED) is 0.252. The predicted octanol–water partition coefficient (Wildman–Crippen LogP) is 2.64. The number of ether oxygens (including phenoxy) is 4. The molecule has 0 heterocycles. The van der Waals surface area contributed by atoms with Crippen LogP contribution in [0.15, 0.2) is 11.6 Å². The molecule has 3 fully saturated rings. The highest BCUT2D eigenvalue weighted by molar-refractivity contribution is 5.95. The number of likely N-dealkylation sites (N-methyl/N-ethyl adjacent to an activating group) is 1. The lowest BCUT2D eigenvalue weighted by Gasteiger charge is -2.62. The molecule has 8 atom stereocenters. The molecule has 3 saturated carbocycles. The number of rotatable bonds is 7. The van der Waals surface area contributed by atoms with Gasteiger partial charge in [0.25, 0.3) is 0 Å². The normalized spacial score (nSPS) is 35.4. The molecule has 0 unspecified atom stereocenters. The maximum Gasteiger partial charge on any atom is 0.316 e. The molecule has 0 radical (unpaired) electrons. The van der Waals surface area contributed by atoms with E-state index in [0.717, 1.165) is 5.57 Å². The van der Waals surface area contributed by atoms with Gasteiger partial charge < -0.3 is 23.8 Å². The summed E-state index contributed by atoms with van der Waals surface area (Å²) >= 11 is 0. The van der Waals surface area contributed by atoms with Crippen LogP contribution < -0.4 is 0 Å². The number of esters is 4. The number of nitrogens with zero attached hydrogens (tertiary/aromatic N) is 1. The third-order valence-electron chi connectivity index (χ3n) is 9.65. The minimum absolute atomic E-state index is 0.0804. The zero-order chi connectivity index (χ0) is 30.9. The maximum absolute atomic E-state index is 14.4. The molecule has 228 valence electrons. The van der Waals surface area contributed by atoms with E-state index in [1.54, 1.807) is 20.0 Å². The first-order chi connectivity index (χ1) is 19.1. The molecule has 0 aromatic heterocycles. The van der Waals surface area contributed by atoms with Crippen LogP contribution in [0, 0.1) is 34.5 Å². The van der Waals surface area contributed by atoms with Gasteiger partial charge in [0.15, 0.2) is 11.9 Å². The molecule has 0 aromatic carbocycles. The Labute approximate surface area is 241 Å². The molecular weight excluding hydrogens is 534 g/mol. The Hall–Kier alpha value is -3.24. The second-order valence-electron chi connectivity index (χ2n) is 12.1. The van der Waals surface area contributed by atoms with E-state index >= 15 is 0 Å². The fourth-order valence-corrected chi connectivity index (χ4v) is 7.79. The van der Waals surface area contributed by atoms with E-state index in [1.165, 1.54) is 32.8 Å². The van der Waals surface area contributed by atoms with Gasteiger partial charge in [-0.3, -0.25) is 28.8 Å². The SMILES string of the molecule is COC(=O)[C@@]1(C)[C@@H](OC(C)=O)CC[C@]2(C)[C@@H]3CCC(=CC(=O)N(C)CCOC(C)=O)[C@H](C)[C@@H]3[C@H](OC(C)=O)C(=O)[C@H]21. The summed E-state index contributed by atoms with van der Waals surface area (Å²) in [6.07, 6.45) is 1.62. The van der Waals surface area contributed by atoms with Gasteiger partial charge in [0, 0.05) is 45.7 Å². The van der Waals surface area contributed by atoms with Crippen LogP contribution in [0.4, 0.5) is 0 Å². The molecule has 11 nitrogen and oxygen atoms in total. The number of Topliss-reactive ketones (excluding diaryl/α,β-unsaturated/α-hetero) is 1. The highest BCUT2D eigenvalue weighted by atomic mass is 16.6. The Kier molecular flexibility index (Phi) is 9.70. The zero-order valence-electron chi connectivity index (χ0n) is 25.3. The van der Waals surface area contributed by atoms with Gasteiger partial charge in [-0.1, -0.05) is 19.4 Å². The van der Waals surface area contributed by atoms with Crippen molar-refractivity contribution in [1.29, 1.82) is 0 Å². The number of methoxy groups -OCH3 is 1. The van der Waals surface area contributed by atoms with Crippen molar-refractivity contribution in [1.82, 2.24) is 4.90 Å². The van der Waals surface area contributed by atoms with E-state index in [-0.39, 0.29) is 30.9 Å². The third kappa shape index (κ3) is 6.04. The van der Waals surface area contributed by atoms with Crippen molar-refractivity contribution >= 4 is 35.6 Å². The predicted molar refractivity (Wildman–Crippen MR) is 145 cm³/mol. The molecule has 0 spiro atoms. The van der Waals surface area contributed by atoms with Gasteiger partial charge in [0.1, 0.15) is 18.1 Å². The van der Waals surface area contributed by atoms with Gasteiger partial charge in [-0.25, -0.2) is 0 Å². The number of carbonyl (C=O) groups excluding carboxylic acids is 6. The Bertz CT molecular complexity index is 1130. The number of hydrogen-bond acceptors (Lipinski definition) is 10. The monoisotopic (exact) mass is 577 g/mol. The molecular formula is C30H43NO10. The lowest BCUT2D eigenvalue weighted by atomic mass is 9.41. The van der Waals surface area contributed by atoms with Crippen LogP contribution in [-0.2, 0) is 47.7 Å². The summed E-state index contributed by atoms with van der Waals surface area (Å²) in [5, 5.41) is 0. The summed E-state index contributed by atoms with van der Waals surface area (Å²) in [4.78, 5) is 77.6. The van der Waals surface area contributed by atoms with Crippen LogP contribution in [0.5, 0.6) is 0 Å². The van der Waals surface area contributed by atoms with Crippen molar-refractivity contribution in [3.63, 3.8) is 0 Å². The summed E-state index contributed by atoms with van der Waals surface area (Å²) < 4.78 is 21.4. The van der Waals surface area contributed by atoms with Crippen LogP contribution in [-0.4, -0.2) is 80.0 Å². The second kappa shape index (κ2) is 12.3. The summed E-state index contributed by atoms with van der Waals surface area (Å²) in [5.41, 5.74) is -1.32. The number of allylic oxidation sites excluding steroid dienone is 1. The fourth-order valence-electron chi connectivity index (χ4n) is 7.79. The number of ketones is 1. The van der Waals surface area contributed by atoms with Gasteiger partial charge >= 0.3 is 23.9 Å². The average Bonchev–Trinajstić information content (AvgIpc) is 2.88. The van der Waals surface area contributed by atoms with Crippen molar-refractivity contribution < 1.29 is 47.7 Å². The maximum atomic E-state index is 14.4. The van der Waals surface area contributed by atoms with Crippen molar-refractivity contribution in [3.8, 4) is 0 Å². The molecule has 11 heteroatoms. The van der Waals surface area contributed by atoms with Crippen molar-refractivity contribution in [2.45, 2.75) is 79.4 Å². The molecule has 0 aromatic rings. The fraction of sp³-hybridized carbons (Fsp3) is 0.733. The third-order valence-corrected chi connectivity index (χ3v) is 9.65. The van der Waals surface area contributed by atoms with Gasteiger partial charge in [0.2, 0.25) is 5.91 Å². The first kappa shape index (κ1) is 32.3. The second-order valence-corrected chi connectivity index (χ2v) is 12.1. The van der Waals surface area contributed by atoms with Crippen molar-refractivity contribution in [3.05, 3.63) is 11.6 Å². The van der Waals surface area contributed by atoms with E-state index < -0.39 is 64.5 Å². The molecule has 41 heavy (non-hydrogen) atoms. The first-order valence-corrected chi connectivity index (χ1v) is 14.1. The number of hydrogen-bond donors (Lipinski definition) is 0. The number of fused-ring (bicyclic) bond motifs is 3. The Morgan fingerprint density at radius 1 is 1.00 bits per heavy atom. The lowest BCUT2D eigenvalue weighted by Crippen LogP contribution is -2.69. The van der Waals surface area contributed by atoms with Gasteiger partial charge in [-0.05, 0) is 49.9 Å². The number of carbonyl (C=O) groups is 6. The largest absolute Gasteiger partial charge is 0.468 e. The topological polar surface area (TPSA) is 143 Å². The summed E-state index contributed by atoms with van der Waals surface area (Å²) in [7, 11) is 2.86. The molecule has 1 amide bonds. The lowest BCUT2D eigenvalue weighted by molar-refractivity contribution is -0.218. The van der Waals surface area contributed by atoms with E-state index in [1.807, 2.05) is 13.8 Å². The first-order valence-electron chi connectivity index (χ1n) is 14.1. The van der Waals surface area contributed by atoms with E-state index in [9.17, 15) is 28.8 Å². The minimum Gasteiger partial charge on any atom is -0.468 e. The Morgan fingerprint density at radius 2 is 1.63 bits per heavy atom. The molecule has 3 rings (SSSR count). The molecule has 0 N–H and O–H groups in total. The van der Waals surface area contributed by atoms with Gasteiger partial charge in [-0.2, -0.15) is 0 Å². The average molecular weight is 578 g/mol. The Morgan fingerprint density at radius 3 is 2.20 bits per heavy atom. The minimum atomic E-state index is -1.48. The van der Waals surface area contributed by atoms with Crippen LogP contribution in [0.2, 0.25) is 0 Å². The highest BCUT2D eigenvalue weighted by Gasteiger charge is 2.70. The van der Waals surface area contributed by atoms with Crippen LogP contribution >= 0.6 is 0 Å². The van der Waals surface area contributed by atoms with E-state index in [0.29, 0.717) is 25.7 Å². The number of amides is 1. The molecule has 3 aliphatic rings. The smallest absolute Gasteiger partial charge is 0.316 e. The standard InChI is InChI=1S/C30H43NO10/c1-16-20(15-23(35)31(7)13-14-39-17(2)32)9-10-21-24(16)26(41-19(4)34)25(36)27-29(21,5)12-11-22(40-18(3)33)30(27,6)28(37)38-8/h15-16,21-22,24,26-27H,9-14H2,1-8H3/t16-,21+,22-,24-,26-,27+,29+,30-/m0/s1. The molecule has 3 aliphatic carbocycles. The summed E-state index contributed by atoms with van der Waals surface area (Å²) in [5.74, 6) is -4.65. The van der Waals surface area contributed by atoms with Gasteiger partial charge in [0.05, 0.1) is 13.7 Å².